The molecule has 0 spiro atoms. The monoisotopic (exact) mass is 350 g/mol. The lowest BCUT2D eigenvalue weighted by Gasteiger charge is -2.54. The first kappa shape index (κ1) is 17.7. The number of hydrogen-bond donors (Lipinski definition) is 2. The Bertz CT molecular complexity index is 588. The third-order valence-corrected chi connectivity index (χ3v) is 8.38. The average molecular weight is 350 g/mol. The molecule has 140 valence electrons. The van der Waals surface area contributed by atoms with Crippen LogP contribution in [-0.2, 0) is 4.79 Å². The summed E-state index contributed by atoms with van der Waals surface area (Å²) in [6, 6.07) is 0. The van der Waals surface area contributed by atoms with Gasteiger partial charge in [-0.15, -0.1) is 0 Å². The van der Waals surface area contributed by atoms with Gasteiger partial charge in [0.2, 0.25) is 0 Å². The van der Waals surface area contributed by atoms with Gasteiger partial charge in [-0.2, -0.15) is 0 Å². The van der Waals surface area contributed by atoms with Crippen molar-refractivity contribution in [2.24, 2.45) is 35.0 Å². The van der Waals surface area contributed by atoms with Crippen molar-refractivity contribution in [3.05, 3.63) is 11.6 Å². The summed E-state index contributed by atoms with van der Waals surface area (Å²) >= 11 is 0. The molecule has 4 aliphatic carbocycles. The Hall–Kier alpha value is -0.740. The van der Waals surface area contributed by atoms with Crippen LogP contribution in [-0.4, -0.2) is 34.9 Å². The second-order valence-electron chi connectivity index (χ2n) is 9.43. The molecular formula is C21H31FO3. The van der Waals surface area contributed by atoms with E-state index in [2.05, 4.69) is 13.0 Å². The Labute approximate surface area is 149 Å². The highest BCUT2D eigenvalue weighted by Gasteiger charge is 2.57. The molecule has 3 nitrogen and oxygen atoms in total. The predicted molar refractivity (Wildman–Crippen MR) is 93.6 cm³/mol. The maximum atomic E-state index is 13.2. The number of Topliss-reactive ketones (excluding diaryl/α,β-unsaturated/α-hetero) is 1. The zero-order valence-corrected chi connectivity index (χ0v) is 15.2. The molecule has 7 atom stereocenters. The number of aliphatic hydroxyl groups is 2. The number of ketones is 1. The summed E-state index contributed by atoms with van der Waals surface area (Å²) in [5, 5.41) is 19.7. The summed E-state index contributed by atoms with van der Waals surface area (Å²) in [6.45, 7) is 1.31. The largest absolute Gasteiger partial charge is 0.389 e. The van der Waals surface area contributed by atoms with E-state index in [9.17, 15) is 19.4 Å². The highest BCUT2D eigenvalue weighted by atomic mass is 19.1. The van der Waals surface area contributed by atoms with Gasteiger partial charge >= 0.3 is 0 Å². The molecule has 3 saturated carbocycles. The topological polar surface area (TPSA) is 57.5 Å². The number of carbonyl (C=O) groups excluding carboxylic acids is 1. The molecule has 4 aliphatic rings. The summed E-state index contributed by atoms with van der Waals surface area (Å²) < 4.78 is 13.2. The smallest absolute Gasteiger partial charge is 0.161 e. The number of aliphatic hydroxyl groups excluding tert-OH is 1. The van der Waals surface area contributed by atoms with Gasteiger partial charge in [-0.25, -0.2) is 4.39 Å². The van der Waals surface area contributed by atoms with E-state index in [0.717, 1.165) is 38.5 Å². The summed E-state index contributed by atoms with van der Waals surface area (Å²) in [5.41, 5.74) is 0.197. The lowest BCUT2D eigenvalue weighted by Crippen LogP contribution is -2.49. The maximum absolute atomic E-state index is 13.2. The van der Waals surface area contributed by atoms with E-state index >= 15 is 0 Å². The number of hydrogen-bond acceptors (Lipinski definition) is 3. The lowest BCUT2D eigenvalue weighted by atomic mass is 9.51. The van der Waals surface area contributed by atoms with Gasteiger partial charge in [0.1, 0.15) is 13.3 Å². The van der Waals surface area contributed by atoms with Crippen LogP contribution in [0.3, 0.4) is 0 Å². The summed E-state index contributed by atoms with van der Waals surface area (Å²) in [7, 11) is 0. The molecule has 0 aromatic heterocycles. The number of alkyl halides is 1. The van der Waals surface area contributed by atoms with Crippen LogP contribution >= 0.6 is 0 Å². The minimum atomic E-state index is -1.13. The standard InChI is InChI=1S/C21H31FO3/c1-20-8-6-15-14-7-9-21(25,12-22)10-13(14)2-3-16(15)17(20)4-5-18(20)19(24)11-23/h2,14-18,23,25H,3-12H2,1H3/t14?,15-,16-,17+,18-,20+,21-/m1/s1. The number of halogens is 1. The van der Waals surface area contributed by atoms with Crippen LogP contribution in [0.15, 0.2) is 11.6 Å². The van der Waals surface area contributed by atoms with Gasteiger partial charge in [0, 0.05) is 5.92 Å². The van der Waals surface area contributed by atoms with Crippen molar-refractivity contribution >= 4 is 5.78 Å². The summed E-state index contributed by atoms with van der Waals surface area (Å²) in [4.78, 5) is 12.2. The quantitative estimate of drug-likeness (QED) is 0.767. The molecule has 25 heavy (non-hydrogen) atoms. The average Bonchev–Trinajstić information content (AvgIpc) is 2.98. The molecule has 0 heterocycles. The summed E-state index contributed by atoms with van der Waals surface area (Å²) in [6.07, 6.45) is 9.49. The van der Waals surface area contributed by atoms with E-state index in [1.165, 1.54) is 5.57 Å². The molecule has 0 aliphatic heterocycles. The van der Waals surface area contributed by atoms with Crippen LogP contribution in [0.1, 0.15) is 58.3 Å². The fourth-order valence-electron chi connectivity index (χ4n) is 7.12. The minimum Gasteiger partial charge on any atom is -0.389 e. The number of carbonyl (C=O) groups is 1. The highest BCUT2D eigenvalue weighted by Crippen LogP contribution is 2.63. The predicted octanol–water partition coefficient (Wildman–Crippen LogP) is 3.44. The van der Waals surface area contributed by atoms with E-state index < -0.39 is 12.3 Å². The number of rotatable bonds is 3. The molecule has 0 radical (unpaired) electrons. The minimum absolute atomic E-state index is 0.0248. The van der Waals surface area contributed by atoms with Gasteiger partial charge in [0.05, 0.1) is 5.60 Å². The second kappa shape index (κ2) is 6.16. The molecule has 0 aromatic carbocycles. The van der Waals surface area contributed by atoms with E-state index in [-0.39, 0.29) is 23.7 Å². The number of allylic oxidation sites excluding steroid dienone is 1. The molecule has 0 saturated heterocycles. The highest BCUT2D eigenvalue weighted by molar-refractivity contribution is 5.83. The first-order chi connectivity index (χ1) is 11.9. The zero-order valence-electron chi connectivity index (χ0n) is 15.2. The van der Waals surface area contributed by atoms with Crippen molar-refractivity contribution in [1.29, 1.82) is 0 Å². The lowest BCUT2D eigenvalue weighted by molar-refractivity contribution is -0.131. The van der Waals surface area contributed by atoms with Crippen LogP contribution < -0.4 is 0 Å². The SMILES string of the molecule is C[C@]12CC[C@@H]3C4CC[C@](O)(CF)CC4=CC[C@H]3[C@@H]1CC[C@@H]2C(=O)CO. The third-order valence-electron chi connectivity index (χ3n) is 8.38. The van der Waals surface area contributed by atoms with E-state index in [1.54, 1.807) is 0 Å². The van der Waals surface area contributed by atoms with Crippen molar-refractivity contribution in [1.82, 2.24) is 0 Å². The molecule has 4 rings (SSSR count). The zero-order chi connectivity index (χ0) is 17.8. The molecule has 0 bridgehead atoms. The molecule has 1 unspecified atom stereocenters. The van der Waals surface area contributed by atoms with Crippen molar-refractivity contribution in [2.75, 3.05) is 13.3 Å². The van der Waals surface area contributed by atoms with Gasteiger partial charge in [-0.1, -0.05) is 18.6 Å². The molecule has 2 N–H and O–H groups in total. The van der Waals surface area contributed by atoms with Crippen LogP contribution in [0.5, 0.6) is 0 Å². The fourth-order valence-corrected chi connectivity index (χ4v) is 7.12. The van der Waals surface area contributed by atoms with E-state index in [4.69, 9.17) is 0 Å². The Morgan fingerprint density at radius 3 is 2.76 bits per heavy atom. The number of fused-ring (bicyclic) bond motifs is 5. The Balaban J connectivity index is 1.57. The van der Waals surface area contributed by atoms with Gasteiger partial charge in [-0.3, -0.25) is 4.79 Å². The molecule has 3 fully saturated rings. The van der Waals surface area contributed by atoms with Crippen molar-refractivity contribution in [2.45, 2.75) is 63.9 Å². The van der Waals surface area contributed by atoms with E-state index in [0.29, 0.717) is 36.5 Å². The fraction of sp³-hybridized carbons (Fsp3) is 0.857. The Kier molecular flexibility index (Phi) is 4.35. The Morgan fingerprint density at radius 2 is 2.04 bits per heavy atom. The van der Waals surface area contributed by atoms with Crippen molar-refractivity contribution in [3.63, 3.8) is 0 Å². The Morgan fingerprint density at radius 1 is 1.24 bits per heavy atom. The van der Waals surface area contributed by atoms with E-state index in [1.807, 2.05) is 0 Å². The molecule has 0 amide bonds. The third kappa shape index (κ3) is 2.63. The van der Waals surface area contributed by atoms with Crippen LogP contribution in [0.4, 0.5) is 4.39 Å². The van der Waals surface area contributed by atoms with Crippen LogP contribution in [0.25, 0.3) is 0 Å². The van der Waals surface area contributed by atoms with Gasteiger partial charge < -0.3 is 10.2 Å². The second-order valence-corrected chi connectivity index (χ2v) is 9.43. The van der Waals surface area contributed by atoms with Gasteiger partial charge in [0.25, 0.3) is 0 Å². The summed E-state index contributed by atoms with van der Waals surface area (Å²) in [5.74, 6) is 2.36. The van der Waals surface area contributed by atoms with Gasteiger partial charge in [0.15, 0.2) is 5.78 Å². The van der Waals surface area contributed by atoms with Gasteiger partial charge in [-0.05, 0) is 80.5 Å². The normalized spacial score (nSPS) is 49.0. The molecule has 4 heteroatoms. The molecule has 0 aromatic rings. The maximum Gasteiger partial charge on any atom is 0.161 e. The molecular weight excluding hydrogens is 319 g/mol. The first-order valence-corrected chi connectivity index (χ1v) is 10.0. The first-order valence-electron chi connectivity index (χ1n) is 10.0. The van der Waals surface area contributed by atoms with Crippen LogP contribution in [0.2, 0.25) is 0 Å². The van der Waals surface area contributed by atoms with Crippen molar-refractivity contribution < 1.29 is 19.4 Å². The van der Waals surface area contributed by atoms with Crippen molar-refractivity contribution in [3.8, 4) is 0 Å². The van der Waals surface area contributed by atoms with Crippen LogP contribution in [0, 0.1) is 35.0 Å².